The second-order valence-corrected chi connectivity index (χ2v) is 8.72. The van der Waals surface area contributed by atoms with Gasteiger partial charge < -0.3 is 4.18 Å². The molecule has 0 saturated carbocycles. The van der Waals surface area contributed by atoms with Crippen molar-refractivity contribution in [3.63, 3.8) is 0 Å². The second-order valence-electron chi connectivity index (χ2n) is 7.61. The Kier molecular flexibility index (Phi) is 9.97. The normalized spacial score (nSPS) is 17.0. The molecule has 25 heavy (non-hydrogen) atoms. The van der Waals surface area contributed by atoms with Crippen molar-refractivity contribution in [3.8, 4) is 0 Å². The first kappa shape index (κ1) is 20.8. The van der Waals surface area contributed by atoms with E-state index < -0.39 is 0 Å². The van der Waals surface area contributed by atoms with Crippen molar-refractivity contribution in [1.29, 1.82) is 0 Å². The van der Waals surface area contributed by atoms with Crippen molar-refractivity contribution >= 4 is 12.2 Å². The Labute approximate surface area is 160 Å². The van der Waals surface area contributed by atoms with Gasteiger partial charge >= 0.3 is 0 Å². The van der Waals surface area contributed by atoms with Gasteiger partial charge in [-0.15, -0.1) is 0 Å². The molecule has 0 aromatic heterocycles. The van der Waals surface area contributed by atoms with Crippen LogP contribution in [0.15, 0.2) is 18.2 Å². The van der Waals surface area contributed by atoms with Crippen molar-refractivity contribution in [2.45, 2.75) is 77.6 Å². The minimum Gasteiger partial charge on any atom is -0.304 e. The van der Waals surface area contributed by atoms with Crippen molar-refractivity contribution in [1.82, 2.24) is 4.31 Å². The Bertz CT molecular complexity index is 491. The number of nitrogens with zero attached hydrogens (tertiary/aromatic N) is 1. The van der Waals surface area contributed by atoms with Gasteiger partial charge in [0.15, 0.2) is 0 Å². The number of hydrogen-bond acceptors (Lipinski definition) is 3. The molecule has 142 valence electrons. The molecule has 1 aliphatic carbocycles. The fraction of sp³-hybridized carbons (Fsp3) is 0.727. The van der Waals surface area contributed by atoms with Crippen LogP contribution in [0.1, 0.15) is 75.0 Å². The molecule has 0 fully saturated rings. The first-order valence-electron chi connectivity index (χ1n) is 10.3. The summed E-state index contributed by atoms with van der Waals surface area (Å²) in [4.78, 5) is 0. The first-order chi connectivity index (χ1) is 12.2. The Balaban J connectivity index is 1.73. The molecule has 0 saturated heterocycles. The Morgan fingerprint density at radius 2 is 1.96 bits per heavy atom. The van der Waals surface area contributed by atoms with Gasteiger partial charge in [0.1, 0.15) is 0 Å². The van der Waals surface area contributed by atoms with E-state index in [-0.39, 0.29) is 0 Å². The van der Waals surface area contributed by atoms with Crippen molar-refractivity contribution < 1.29 is 4.18 Å². The van der Waals surface area contributed by atoms with E-state index >= 15 is 0 Å². The van der Waals surface area contributed by atoms with Gasteiger partial charge in [-0.1, -0.05) is 63.6 Å². The standard InChI is InChI=1S/C22H37NOS/c1-4-5-6-7-8-10-19-12-14-22-18-20(13-15-21(22)17-19)11-9-16-23(2)25-24-3/h13,15,18-19H,4-12,14,16-17H2,1-3H3. The van der Waals surface area contributed by atoms with Crippen LogP contribution in [0.2, 0.25) is 0 Å². The SMILES string of the molecule is CCCCCCCC1CCc2cc(CCCN(C)SOC)ccc2C1. The van der Waals surface area contributed by atoms with Crippen LogP contribution in [-0.4, -0.2) is 25.0 Å². The quantitative estimate of drug-likeness (QED) is 0.248. The van der Waals surface area contributed by atoms with Crippen molar-refractivity contribution in [3.05, 3.63) is 34.9 Å². The van der Waals surface area contributed by atoms with E-state index in [0.717, 1.165) is 12.5 Å². The predicted octanol–water partition coefficient (Wildman–Crippen LogP) is 6.23. The molecule has 1 unspecified atom stereocenters. The van der Waals surface area contributed by atoms with Crippen LogP contribution in [0.4, 0.5) is 0 Å². The maximum Gasteiger partial charge on any atom is 0.0813 e. The highest BCUT2D eigenvalue weighted by Gasteiger charge is 2.18. The lowest BCUT2D eigenvalue weighted by Gasteiger charge is -2.25. The van der Waals surface area contributed by atoms with Crippen LogP contribution >= 0.6 is 12.2 Å². The number of unbranched alkanes of at least 4 members (excludes halogenated alkanes) is 4. The van der Waals surface area contributed by atoms with Gasteiger partial charge in [0.25, 0.3) is 0 Å². The molecule has 0 spiro atoms. The lowest BCUT2D eigenvalue weighted by molar-refractivity contribution is 0.404. The van der Waals surface area contributed by atoms with E-state index in [4.69, 9.17) is 4.18 Å². The summed E-state index contributed by atoms with van der Waals surface area (Å²) in [5, 5.41) is 0. The molecule has 2 rings (SSSR count). The molecule has 1 atom stereocenters. The van der Waals surface area contributed by atoms with E-state index in [1.165, 1.54) is 88.4 Å². The number of rotatable bonds is 12. The zero-order chi connectivity index (χ0) is 17.9. The minimum atomic E-state index is 0.930. The Morgan fingerprint density at radius 1 is 1.12 bits per heavy atom. The third-order valence-electron chi connectivity index (χ3n) is 5.46. The van der Waals surface area contributed by atoms with E-state index in [2.05, 4.69) is 36.5 Å². The minimum absolute atomic E-state index is 0.930. The van der Waals surface area contributed by atoms with E-state index in [9.17, 15) is 0 Å². The third-order valence-corrected chi connectivity index (χ3v) is 6.04. The van der Waals surface area contributed by atoms with Gasteiger partial charge in [-0.3, -0.25) is 0 Å². The number of fused-ring (bicyclic) bond motifs is 1. The fourth-order valence-electron chi connectivity index (χ4n) is 3.99. The van der Waals surface area contributed by atoms with Crippen molar-refractivity contribution in [2.75, 3.05) is 20.7 Å². The molecular weight excluding hydrogens is 326 g/mol. The summed E-state index contributed by atoms with van der Waals surface area (Å²) in [5.41, 5.74) is 4.76. The van der Waals surface area contributed by atoms with E-state index in [1.807, 2.05) is 0 Å². The maximum absolute atomic E-state index is 5.08. The van der Waals surface area contributed by atoms with Crippen molar-refractivity contribution in [2.24, 2.45) is 5.92 Å². The average Bonchev–Trinajstić information content (AvgIpc) is 2.62. The topological polar surface area (TPSA) is 12.5 Å². The summed E-state index contributed by atoms with van der Waals surface area (Å²) in [6, 6.07) is 7.27. The lowest BCUT2D eigenvalue weighted by Crippen LogP contribution is -2.15. The molecule has 1 aliphatic rings. The Morgan fingerprint density at radius 3 is 2.76 bits per heavy atom. The number of hydrogen-bond donors (Lipinski definition) is 0. The third kappa shape index (κ3) is 7.72. The van der Waals surface area contributed by atoms with Crippen LogP contribution in [0.5, 0.6) is 0 Å². The van der Waals surface area contributed by atoms with Gasteiger partial charge in [0.05, 0.1) is 19.3 Å². The van der Waals surface area contributed by atoms with E-state index in [1.54, 1.807) is 18.2 Å². The lowest BCUT2D eigenvalue weighted by atomic mass is 9.80. The Hall–Kier alpha value is -0.510. The molecule has 1 aromatic carbocycles. The molecule has 1 aromatic rings. The highest BCUT2D eigenvalue weighted by atomic mass is 32.2. The smallest absolute Gasteiger partial charge is 0.0813 e. The second kappa shape index (κ2) is 12.0. The van der Waals surface area contributed by atoms with Crippen LogP contribution in [0.3, 0.4) is 0 Å². The van der Waals surface area contributed by atoms with Gasteiger partial charge in [-0.05, 0) is 61.8 Å². The molecule has 2 nitrogen and oxygen atoms in total. The number of aryl methyl sites for hydroxylation is 2. The van der Waals surface area contributed by atoms with Crippen LogP contribution in [-0.2, 0) is 23.4 Å². The highest BCUT2D eigenvalue weighted by Crippen LogP contribution is 2.30. The predicted molar refractivity (Wildman–Crippen MR) is 111 cm³/mol. The zero-order valence-corrected chi connectivity index (χ0v) is 17.4. The zero-order valence-electron chi connectivity index (χ0n) is 16.6. The molecule has 0 aliphatic heterocycles. The molecule has 0 N–H and O–H groups in total. The molecule has 0 radical (unpaired) electrons. The molecule has 0 amide bonds. The molecule has 0 heterocycles. The van der Waals surface area contributed by atoms with Gasteiger partial charge in [-0.2, -0.15) is 0 Å². The largest absolute Gasteiger partial charge is 0.304 e. The van der Waals surface area contributed by atoms with Crippen LogP contribution < -0.4 is 0 Å². The summed E-state index contributed by atoms with van der Waals surface area (Å²) >= 11 is 1.43. The molecular formula is C22H37NOS. The molecule has 0 bridgehead atoms. The fourth-order valence-corrected chi connectivity index (χ4v) is 4.45. The van der Waals surface area contributed by atoms with Gasteiger partial charge in [-0.25, -0.2) is 4.31 Å². The van der Waals surface area contributed by atoms with Gasteiger partial charge in [0.2, 0.25) is 0 Å². The first-order valence-corrected chi connectivity index (χ1v) is 10.9. The van der Waals surface area contributed by atoms with Crippen LogP contribution in [0, 0.1) is 5.92 Å². The maximum atomic E-state index is 5.08. The monoisotopic (exact) mass is 363 g/mol. The summed E-state index contributed by atoms with van der Waals surface area (Å²) in [6.45, 7) is 3.36. The summed E-state index contributed by atoms with van der Waals surface area (Å²) in [6.07, 6.45) is 14.9. The average molecular weight is 364 g/mol. The van der Waals surface area contributed by atoms with Gasteiger partial charge in [0, 0.05) is 6.54 Å². The van der Waals surface area contributed by atoms with E-state index in [0.29, 0.717) is 0 Å². The number of benzene rings is 1. The highest BCUT2D eigenvalue weighted by molar-refractivity contribution is 7.92. The summed E-state index contributed by atoms with van der Waals surface area (Å²) < 4.78 is 7.24. The summed E-state index contributed by atoms with van der Waals surface area (Å²) in [7, 11) is 3.81. The summed E-state index contributed by atoms with van der Waals surface area (Å²) in [5.74, 6) is 0.930. The molecule has 3 heteroatoms. The van der Waals surface area contributed by atoms with Crippen LogP contribution in [0.25, 0.3) is 0 Å².